The van der Waals surface area contributed by atoms with Crippen molar-refractivity contribution in [1.29, 1.82) is 0 Å². The van der Waals surface area contributed by atoms with Gasteiger partial charge in [-0.1, -0.05) is 0 Å². The first-order chi connectivity index (χ1) is 9.17. The molecule has 1 saturated heterocycles. The van der Waals surface area contributed by atoms with Gasteiger partial charge in [-0.2, -0.15) is 4.31 Å². The Kier molecular flexibility index (Phi) is 4.21. The van der Waals surface area contributed by atoms with Gasteiger partial charge in [-0.05, 0) is 12.5 Å². The Bertz CT molecular complexity index is 709. The van der Waals surface area contributed by atoms with Crippen LogP contribution in [0.4, 0.5) is 0 Å². The van der Waals surface area contributed by atoms with E-state index in [0.717, 1.165) is 4.31 Å². The van der Waals surface area contributed by atoms with E-state index in [-0.39, 0.29) is 22.3 Å². The van der Waals surface area contributed by atoms with Gasteiger partial charge in [0.25, 0.3) is 0 Å². The minimum absolute atomic E-state index is 0.0409. The van der Waals surface area contributed by atoms with Crippen molar-refractivity contribution in [2.45, 2.75) is 23.2 Å². The van der Waals surface area contributed by atoms with Crippen LogP contribution in [-0.2, 0) is 32.8 Å². The SMILES string of the molecule is CN(C1CCS(=O)(=O)C1)S(=O)(=O)c1cc(CCl)n(C)c1. The van der Waals surface area contributed by atoms with E-state index in [4.69, 9.17) is 11.6 Å². The molecule has 9 heteroatoms. The van der Waals surface area contributed by atoms with Gasteiger partial charge in [0.2, 0.25) is 10.0 Å². The summed E-state index contributed by atoms with van der Waals surface area (Å²) < 4.78 is 50.7. The molecule has 1 aromatic rings. The quantitative estimate of drug-likeness (QED) is 0.751. The molecule has 1 aliphatic heterocycles. The molecule has 0 radical (unpaired) electrons. The van der Waals surface area contributed by atoms with Crippen LogP contribution in [0.5, 0.6) is 0 Å². The molecule has 0 spiro atoms. The summed E-state index contributed by atoms with van der Waals surface area (Å²) in [4.78, 5) is 0.141. The molecule has 0 aliphatic carbocycles. The van der Waals surface area contributed by atoms with E-state index < -0.39 is 25.9 Å². The third-order valence-corrected chi connectivity index (χ3v) is 7.52. The third-order valence-electron chi connectivity index (χ3n) is 3.62. The summed E-state index contributed by atoms with van der Waals surface area (Å²) in [6.45, 7) is 0. The lowest BCUT2D eigenvalue weighted by Crippen LogP contribution is -2.37. The highest BCUT2D eigenvalue weighted by molar-refractivity contribution is 7.92. The average molecular weight is 341 g/mol. The number of aromatic nitrogens is 1. The van der Waals surface area contributed by atoms with E-state index in [1.807, 2.05) is 0 Å². The van der Waals surface area contributed by atoms with Gasteiger partial charge in [-0.3, -0.25) is 0 Å². The molecule has 0 saturated carbocycles. The second-order valence-electron chi connectivity index (χ2n) is 4.99. The maximum Gasteiger partial charge on any atom is 0.244 e. The minimum atomic E-state index is -3.69. The van der Waals surface area contributed by atoms with E-state index in [2.05, 4.69) is 0 Å². The van der Waals surface area contributed by atoms with Gasteiger partial charge in [0, 0.05) is 32.0 Å². The Morgan fingerprint density at radius 2 is 2.15 bits per heavy atom. The predicted octanol–water partition coefficient (Wildman–Crippen LogP) is 0.571. The molecule has 1 aromatic heterocycles. The second-order valence-corrected chi connectivity index (χ2v) is 9.48. The largest absolute Gasteiger partial charge is 0.352 e. The Hall–Kier alpha value is -0.570. The first kappa shape index (κ1) is 15.8. The molecular formula is C11H17ClN2O4S2. The van der Waals surface area contributed by atoms with Crippen molar-refractivity contribution in [3.8, 4) is 0 Å². The highest BCUT2D eigenvalue weighted by Gasteiger charge is 2.36. The van der Waals surface area contributed by atoms with Gasteiger partial charge in [0.1, 0.15) is 4.90 Å². The molecule has 20 heavy (non-hydrogen) atoms. The van der Waals surface area contributed by atoms with Gasteiger partial charge in [0.05, 0.1) is 17.4 Å². The van der Waals surface area contributed by atoms with Crippen LogP contribution in [0.15, 0.2) is 17.2 Å². The van der Waals surface area contributed by atoms with Crippen LogP contribution in [0.1, 0.15) is 12.1 Å². The second kappa shape index (κ2) is 5.32. The van der Waals surface area contributed by atoms with Gasteiger partial charge in [0.15, 0.2) is 9.84 Å². The van der Waals surface area contributed by atoms with Gasteiger partial charge < -0.3 is 4.57 Å². The van der Waals surface area contributed by atoms with Gasteiger partial charge >= 0.3 is 0 Å². The van der Waals surface area contributed by atoms with E-state index >= 15 is 0 Å². The summed E-state index contributed by atoms with van der Waals surface area (Å²) in [6.07, 6.45) is 1.83. The molecule has 1 unspecified atom stereocenters. The van der Waals surface area contributed by atoms with Crippen LogP contribution in [0, 0.1) is 0 Å². The van der Waals surface area contributed by atoms with Crippen molar-refractivity contribution < 1.29 is 16.8 Å². The molecule has 1 aliphatic rings. The highest BCUT2D eigenvalue weighted by atomic mass is 35.5. The van der Waals surface area contributed by atoms with E-state index in [1.165, 1.54) is 19.3 Å². The fourth-order valence-electron chi connectivity index (χ4n) is 2.28. The molecule has 0 bridgehead atoms. The summed E-state index contributed by atoms with van der Waals surface area (Å²) in [5.41, 5.74) is 0.692. The average Bonchev–Trinajstić information content (AvgIpc) is 2.91. The van der Waals surface area contributed by atoms with Gasteiger partial charge in [-0.15, -0.1) is 11.6 Å². The normalized spacial score (nSPS) is 22.5. The van der Waals surface area contributed by atoms with Crippen LogP contribution in [0.25, 0.3) is 0 Å². The van der Waals surface area contributed by atoms with Crippen molar-refractivity contribution in [1.82, 2.24) is 8.87 Å². The summed E-state index contributed by atoms with van der Waals surface area (Å²) in [6, 6.07) is 1.02. The van der Waals surface area contributed by atoms with Crippen LogP contribution >= 0.6 is 11.6 Å². The number of alkyl halides is 1. The van der Waals surface area contributed by atoms with Crippen molar-refractivity contribution >= 4 is 31.5 Å². The Morgan fingerprint density at radius 3 is 2.60 bits per heavy atom. The number of rotatable bonds is 4. The maximum atomic E-state index is 12.5. The molecule has 0 aromatic carbocycles. The molecule has 0 N–H and O–H groups in total. The van der Waals surface area contributed by atoms with Crippen LogP contribution < -0.4 is 0 Å². The Balaban J connectivity index is 2.30. The van der Waals surface area contributed by atoms with Crippen molar-refractivity contribution in [2.24, 2.45) is 7.05 Å². The molecule has 1 fully saturated rings. The van der Waals surface area contributed by atoms with Crippen LogP contribution in [0.3, 0.4) is 0 Å². The highest BCUT2D eigenvalue weighted by Crippen LogP contribution is 2.24. The maximum absolute atomic E-state index is 12.5. The fourth-order valence-corrected chi connectivity index (χ4v) is 5.89. The first-order valence-corrected chi connectivity index (χ1v) is 9.86. The standard InChI is InChI=1S/C11H17ClN2O4S2/c1-13-7-11(5-10(13)6-12)20(17,18)14(2)9-3-4-19(15,16)8-9/h5,7,9H,3-4,6,8H2,1-2H3. The molecular weight excluding hydrogens is 324 g/mol. The molecule has 1 atom stereocenters. The lowest BCUT2D eigenvalue weighted by atomic mass is 10.3. The number of nitrogens with zero attached hydrogens (tertiary/aromatic N) is 2. The fraction of sp³-hybridized carbons (Fsp3) is 0.636. The number of hydrogen-bond donors (Lipinski definition) is 0. The lowest BCUT2D eigenvalue weighted by Gasteiger charge is -2.22. The zero-order valence-electron chi connectivity index (χ0n) is 11.3. The summed E-state index contributed by atoms with van der Waals surface area (Å²) >= 11 is 5.73. The molecule has 2 heterocycles. The first-order valence-electron chi connectivity index (χ1n) is 6.07. The number of aryl methyl sites for hydroxylation is 1. The molecule has 2 rings (SSSR count). The Morgan fingerprint density at radius 1 is 1.50 bits per heavy atom. The monoisotopic (exact) mass is 340 g/mol. The topological polar surface area (TPSA) is 76.5 Å². The van der Waals surface area contributed by atoms with E-state index in [1.54, 1.807) is 11.6 Å². The molecule has 6 nitrogen and oxygen atoms in total. The van der Waals surface area contributed by atoms with Crippen LogP contribution in [0.2, 0.25) is 0 Å². The van der Waals surface area contributed by atoms with Crippen molar-refractivity contribution in [2.75, 3.05) is 18.6 Å². The van der Waals surface area contributed by atoms with E-state index in [9.17, 15) is 16.8 Å². The third kappa shape index (κ3) is 2.88. The summed E-state index contributed by atoms with van der Waals surface area (Å²) in [7, 11) is -3.67. The number of sulfonamides is 1. The van der Waals surface area contributed by atoms with E-state index in [0.29, 0.717) is 12.1 Å². The van der Waals surface area contributed by atoms with Crippen LogP contribution in [-0.4, -0.2) is 50.3 Å². The number of sulfone groups is 1. The molecule has 114 valence electrons. The lowest BCUT2D eigenvalue weighted by molar-refractivity contribution is 0.394. The zero-order valence-corrected chi connectivity index (χ0v) is 13.7. The molecule has 0 amide bonds. The summed E-state index contributed by atoms with van der Waals surface area (Å²) in [5.74, 6) is 0.144. The van der Waals surface area contributed by atoms with Gasteiger partial charge in [-0.25, -0.2) is 16.8 Å². The predicted molar refractivity (Wildman–Crippen MR) is 77.0 cm³/mol. The Labute approximate surface area is 124 Å². The minimum Gasteiger partial charge on any atom is -0.352 e. The zero-order chi connectivity index (χ0) is 15.1. The number of hydrogen-bond acceptors (Lipinski definition) is 4. The smallest absolute Gasteiger partial charge is 0.244 e. The van der Waals surface area contributed by atoms with Crippen molar-refractivity contribution in [3.63, 3.8) is 0 Å². The summed E-state index contributed by atoms with van der Waals surface area (Å²) in [5, 5.41) is 0. The number of halogens is 1. The van der Waals surface area contributed by atoms with Crippen molar-refractivity contribution in [3.05, 3.63) is 18.0 Å².